The predicted octanol–water partition coefficient (Wildman–Crippen LogP) is 2.78. The van der Waals surface area contributed by atoms with E-state index >= 15 is 0 Å². The highest BCUT2D eigenvalue weighted by molar-refractivity contribution is 7.91. The van der Waals surface area contributed by atoms with E-state index in [-0.39, 0.29) is 17.8 Å². The maximum Gasteiger partial charge on any atom is 0.179 e. The molecule has 3 rings (SSSR count). The topological polar surface area (TPSA) is 76.9 Å². The third-order valence-corrected chi connectivity index (χ3v) is 6.09. The van der Waals surface area contributed by atoms with Gasteiger partial charge in [-0.05, 0) is 43.7 Å². The standard InChI is InChI=1S/C19H22N4O2S/c1-15(12-26(24,25)19-9-4-3-5-10-19)22-16(2)17-7-6-8-18(11-17)23-14-20-13-21-23/h3-11,13-16,22H,12H2,1-2H3/t15-,16+/m1/s1. The Morgan fingerprint density at radius 1 is 1.08 bits per heavy atom. The fourth-order valence-corrected chi connectivity index (χ4v) is 4.42. The van der Waals surface area contributed by atoms with Crippen LogP contribution in [0.4, 0.5) is 0 Å². The molecule has 0 amide bonds. The van der Waals surface area contributed by atoms with Gasteiger partial charge in [0.15, 0.2) is 9.84 Å². The van der Waals surface area contributed by atoms with E-state index in [2.05, 4.69) is 15.4 Å². The van der Waals surface area contributed by atoms with E-state index < -0.39 is 9.84 Å². The largest absolute Gasteiger partial charge is 0.307 e. The molecule has 7 heteroatoms. The van der Waals surface area contributed by atoms with Crippen molar-refractivity contribution < 1.29 is 8.42 Å². The van der Waals surface area contributed by atoms with E-state index in [9.17, 15) is 8.42 Å². The molecule has 0 radical (unpaired) electrons. The van der Waals surface area contributed by atoms with Crippen molar-refractivity contribution >= 4 is 9.84 Å². The second-order valence-electron chi connectivity index (χ2n) is 6.32. The molecule has 0 fully saturated rings. The van der Waals surface area contributed by atoms with E-state index in [0.717, 1.165) is 11.3 Å². The molecule has 0 aliphatic rings. The molecule has 3 aromatic rings. The van der Waals surface area contributed by atoms with Gasteiger partial charge in [-0.1, -0.05) is 30.3 Å². The van der Waals surface area contributed by atoms with E-state index in [1.54, 1.807) is 35.3 Å². The van der Waals surface area contributed by atoms with Gasteiger partial charge in [0.25, 0.3) is 0 Å². The molecule has 2 aromatic carbocycles. The average molecular weight is 370 g/mol. The second-order valence-corrected chi connectivity index (χ2v) is 8.35. The first-order valence-electron chi connectivity index (χ1n) is 8.44. The third-order valence-electron chi connectivity index (χ3n) is 4.16. The van der Waals surface area contributed by atoms with Crippen LogP contribution < -0.4 is 5.32 Å². The van der Waals surface area contributed by atoms with Crippen molar-refractivity contribution in [1.82, 2.24) is 20.1 Å². The van der Waals surface area contributed by atoms with Crippen LogP contribution in [0.3, 0.4) is 0 Å². The molecule has 0 aliphatic carbocycles. The summed E-state index contributed by atoms with van der Waals surface area (Å²) in [4.78, 5) is 4.32. The molecular weight excluding hydrogens is 348 g/mol. The van der Waals surface area contributed by atoms with Crippen LogP contribution in [-0.2, 0) is 9.84 Å². The minimum atomic E-state index is -3.32. The molecule has 136 valence electrons. The van der Waals surface area contributed by atoms with Crippen LogP contribution in [0.5, 0.6) is 0 Å². The van der Waals surface area contributed by atoms with Gasteiger partial charge in [-0.15, -0.1) is 0 Å². The molecule has 1 N–H and O–H groups in total. The minimum absolute atomic E-state index is 0.000514. The van der Waals surface area contributed by atoms with Gasteiger partial charge in [0.2, 0.25) is 0 Å². The Balaban J connectivity index is 1.68. The van der Waals surface area contributed by atoms with Crippen molar-refractivity contribution in [1.29, 1.82) is 0 Å². The van der Waals surface area contributed by atoms with Crippen LogP contribution in [0.25, 0.3) is 5.69 Å². The van der Waals surface area contributed by atoms with Crippen molar-refractivity contribution in [2.45, 2.75) is 30.8 Å². The van der Waals surface area contributed by atoms with Crippen molar-refractivity contribution in [3.63, 3.8) is 0 Å². The number of nitrogens with zero attached hydrogens (tertiary/aromatic N) is 3. The van der Waals surface area contributed by atoms with Crippen molar-refractivity contribution in [2.24, 2.45) is 0 Å². The Labute approximate surface area is 153 Å². The molecule has 1 aromatic heterocycles. The molecule has 26 heavy (non-hydrogen) atoms. The van der Waals surface area contributed by atoms with Crippen LogP contribution in [0, 0.1) is 0 Å². The number of hydrogen-bond acceptors (Lipinski definition) is 5. The quantitative estimate of drug-likeness (QED) is 0.692. The Hall–Kier alpha value is -2.51. The van der Waals surface area contributed by atoms with Gasteiger partial charge in [0.05, 0.1) is 16.3 Å². The summed E-state index contributed by atoms with van der Waals surface area (Å²) in [5.74, 6) is 0.0458. The molecule has 6 nitrogen and oxygen atoms in total. The summed E-state index contributed by atoms with van der Waals surface area (Å²) < 4.78 is 26.7. The first-order valence-corrected chi connectivity index (χ1v) is 10.1. The molecular formula is C19H22N4O2S. The number of aromatic nitrogens is 3. The summed E-state index contributed by atoms with van der Waals surface area (Å²) in [6.07, 6.45) is 3.14. The smallest absolute Gasteiger partial charge is 0.179 e. The summed E-state index contributed by atoms with van der Waals surface area (Å²) in [5.41, 5.74) is 1.97. The van der Waals surface area contributed by atoms with Crippen LogP contribution in [0.15, 0.2) is 72.1 Å². The van der Waals surface area contributed by atoms with E-state index in [4.69, 9.17) is 0 Å². The zero-order valence-corrected chi connectivity index (χ0v) is 15.6. The average Bonchev–Trinajstić information content (AvgIpc) is 3.17. The Bertz CT molecular complexity index is 941. The van der Waals surface area contributed by atoms with Crippen LogP contribution in [0.2, 0.25) is 0 Å². The van der Waals surface area contributed by atoms with Crippen molar-refractivity contribution in [2.75, 3.05) is 5.75 Å². The predicted molar refractivity (Wildman–Crippen MR) is 101 cm³/mol. The highest BCUT2D eigenvalue weighted by atomic mass is 32.2. The Morgan fingerprint density at radius 2 is 1.85 bits per heavy atom. The lowest BCUT2D eigenvalue weighted by Gasteiger charge is -2.21. The van der Waals surface area contributed by atoms with Gasteiger partial charge in [0.1, 0.15) is 12.7 Å². The number of sulfone groups is 1. The molecule has 0 bridgehead atoms. The lowest BCUT2D eigenvalue weighted by molar-refractivity contribution is 0.499. The molecule has 0 aliphatic heterocycles. The zero-order valence-electron chi connectivity index (χ0n) is 14.8. The fourth-order valence-electron chi connectivity index (χ4n) is 2.90. The van der Waals surface area contributed by atoms with Gasteiger partial charge >= 0.3 is 0 Å². The van der Waals surface area contributed by atoms with Crippen molar-refractivity contribution in [3.05, 3.63) is 72.8 Å². The van der Waals surface area contributed by atoms with Crippen LogP contribution in [0.1, 0.15) is 25.5 Å². The third kappa shape index (κ3) is 4.36. The Morgan fingerprint density at radius 3 is 2.54 bits per heavy atom. The summed E-state index contributed by atoms with van der Waals surface area (Å²) in [6.45, 7) is 3.91. The molecule has 2 atom stereocenters. The number of benzene rings is 2. The minimum Gasteiger partial charge on any atom is -0.307 e. The lowest BCUT2D eigenvalue weighted by Crippen LogP contribution is -2.35. The Kier molecular flexibility index (Phi) is 5.49. The first kappa shape index (κ1) is 18.3. The highest BCUT2D eigenvalue weighted by Crippen LogP contribution is 2.18. The van der Waals surface area contributed by atoms with E-state index in [0.29, 0.717) is 4.90 Å². The number of rotatable bonds is 7. The van der Waals surface area contributed by atoms with Crippen LogP contribution >= 0.6 is 0 Å². The van der Waals surface area contributed by atoms with Crippen molar-refractivity contribution in [3.8, 4) is 5.69 Å². The zero-order chi connectivity index (χ0) is 18.6. The second kappa shape index (κ2) is 7.80. The molecule has 0 saturated carbocycles. The summed E-state index contributed by atoms with van der Waals surface area (Å²) in [6, 6.07) is 16.3. The highest BCUT2D eigenvalue weighted by Gasteiger charge is 2.20. The van der Waals surface area contributed by atoms with E-state index in [1.807, 2.05) is 44.2 Å². The molecule has 0 spiro atoms. The van der Waals surface area contributed by atoms with Crippen LogP contribution in [-0.4, -0.2) is 35.0 Å². The fraction of sp³-hybridized carbons (Fsp3) is 0.263. The molecule has 0 unspecified atom stereocenters. The van der Waals surface area contributed by atoms with Gasteiger partial charge in [-0.25, -0.2) is 18.1 Å². The normalized spacial score (nSPS) is 14.1. The summed E-state index contributed by atoms with van der Waals surface area (Å²) >= 11 is 0. The summed E-state index contributed by atoms with van der Waals surface area (Å²) in [5, 5.41) is 7.51. The lowest BCUT2D eigenvalue weighted by atomic mass is 10.1. The van der Waals surface area contributed by atoms with E-state index in [1.165, 1.54) is 6.33 Å². The number of hydrogen-bond donors (Lipinski definition) is 1. The first-order chi connectivity index (χ1) is 12.5. The molecule has 1 heterocycles. The summed E-state index contributed by atoms with van der Waals surface area (Å²) in [7, 11) is -3.32. The van der Waals surface area contributed by atoms with Gasteiger partial charge < -0.3 is 5.32 Å². The van der Waals surface area contributed by atoms with Gasteiger partial charge in [-0.2, -0.15) is 5.10 Å². The SMILES string of the molecule is C[C@H](CS(=O)(=O)c1ccccc1)N[C@@H](C)c1cccc(-n2cncn2)c1. The number of nitrogens with one attached hydrogen (secondary N) is 1. The van der Waals surface area contributed by atoms with Gasteiger partial charge in [-0.3, -0.25) is 0 Å². The van der Waals surface area contributed by atoms with Gasteiger partial charge in [0, 0.05) is 12.1 Å². The molecule has 0 saturated heterocycles. The monoisotopic (exact) mass is 370 g/mol. The maximum absolute atomic E-state index is 12.5. The maximum atomic E-state index is 12.5.